The van der Waals surface area contributed by atoms with Crippen molar-refractivity contribution in [2.75, 3.05) is 6.61 Å². The van der Waals surface area contributed by atoms with Crippen LogP contribution in [0.15, 0.2) is 36.4 Å². The van der Waals surface area contributed by atoms with Crippen molar-refractivity contribution >= 4 is 17.9 Å². The van der Waals surface area contributed by atoms with E-state index in [-0.39, 0.29) is 12.5 Å². The molecule has 7 nitrogen and oxygen atoms in total. The Morgan fingerprint density at radius 1 is 1.25 bits per heavy atom. The van der Waals surface area contributed by atoms with Gasteiger partial charge in [0.1, 0.15) is 23.9 Å². The van der Waals surface area contributed by atoms with Crippen molar-refractivity contribution in [2.45, 2.75) is 58.7 Å². The highest BCUT2D eigenvalue weighted by molar-refractivity contribution is 6.09. The van der Waals surface area contributed by atoms with Crippen LogP contribution in [0.4, 0.5) is 4.79 Å². The molecular formula is C21H28N2O5. The van der Waals surface area contributed by atoms with Crippen molar-refractivity contribution in [3.8, 4) is 5.75 Å². The second kappa shape index (κ2) is 8.46. The molecule has 0 spiro atoms. The van der Waals surface area contributed by atoms with Gasteiger partial charge in [-0.2, -0.15) is 0 Å². The Balaban J connectivity index is 2.24. The Hall–Kier alpha value is -2.83. The lowest BCUT2D eigenvalue weighted by atomic mass is 9.91. The number of carbonyl (C=O) groups excluding carboxylic acids is 3. The molecule has 0 saturated carbocycles. The standard InChI is InChI=1S/C21H28N2O5/c1-7-17(18(24)28-14(4)5)23-19(25)21(6,22-20(23)26)15-8-10-16(11-9-15)27-12-13(2)3/h8-11,14,17H,2,7,12H2,1,3-6H3,(H,22,26). The summed E-state index contributed by atoms with van der Waals surface area (Å²) in [5.74, 6) is -0.439. The lowest BCUT2D eigenvalue weighted by molar-refractivity contribution is -0.156. The number of ether oxygens (including phenoxy) is 2. The van der Waals surface area contributed by atoms with E-state index in [4.69, 9.17) is 9.47 Å². The quantitative estimate of drug-likeness (QED) is 0.420. The third-order valence-electron chi connectivity index (χ3n) is 4.46. The topological polar surface area (TPSA) is 84.9 Å². The van der Waals surface area contributed by atoms with Crippen molar-refractivity contribution in [2.24, 2.45) is 0 Å². The monoisotopic (exact) mass is 388 g/mol. The number of urea groups is 1. The van der Waals surface area contributed by atoms with E-state index in [0.29, 0.717) is 17.9 Å². The minimum Gasteiger partial charge on any atom is -0.489 e. The molecule has 2 rings (SSSR count). The Bertz CT molecular complexity index is 772. The lowest BCUT2D eigenvalue weighted by Crippen LogP contribution is -2.47. The molecule has 1 aromatic rings. The van der Waals surface area contributed by atoms with Gasteiger partial charge in [-0.25, -0.2) is 14.5 Å². The van der Waals surface area contributed by atoms with E-state index in [9.17, 15) is 14.4 Å². The van der Waals surface area contributed by atoms with Gasteiger partial charge in [0.25, 0.3) is 5.91 Å². The molecule has 7 heteroatoms. The molecule has 28 heavy (non-hydrogen) atoms. The molecule has 1 aliphatic rings. The molecule has 152 valence electrons. The Kier molecular flexibility index (Phi) is 6.48. The highest BCUT2D eigenvalue weighted by atomic mass is 16.5. The molecule has 0 bridgehead atoms. The number of amides is 3. The second-order valence-corrected chi connectivity index (χ2v) is 7.41. The van der Waals surface area contributed by atoms with Crippen LogP contribution in [-0.2, 0) is 19.9 Å². The van der Waals surface area contributed by atoms with Gasteiger partial charge in [0, 0.05) is 0 Å². The minimum absolute atomic E-state index is 0.272. The van der Waals surface area contributed by atoms with Gasteiger partial charge >= 0.3 is 12.0 Å². The second-order valence-electron chi connectivity index (χ2n) is 7.41. The van der Waals surface area contributed by atoms with E-state index < -0.39 is 29.5 Å². The number of nitrogens with one attached hydrogen (secondary N) is 1. The maximum Gasteiger partial charge on any atom is 0.329 e. The van der Waals surface area contributed by atoms with Crippen molar-refractivity contribution in [1.29, 1.82) is 0 Å². The number of nitrogens with zero attached hydrogens (tertiary/aromatic N) is 1. The number of imide groups is 1. The zero-order valence-electron chi connectivity index (χ0n) is 17.1. The summed E-state index contributed by atoms with van der Waals surface area (Å²) in [7, 11) is 0. The summed E-state index contributed by atoms with van der Waals surface area (Å²) in [4.78, 5) is 39.0. The number of carbonyl (C=O) groups is 3. The molecule has 2 atom stereocenters. The van der Waals surface area contributed by atoms with Gasteiger partial charge in [-0.15, -0.1) is 0 Å². The van der Waals surface area contributed by atoms with Crippen LogP contribution < -0.4 is 10.1 Å². The first-order valence-electron chi connectivity index (χ1n) is 9.34. The highest BCUT2D eigenvalue weighted by Gasteiger charge is 2.52. The third kappa shape index (κ3) is 4.35. The first-order chi connectivity index (χ1) is 13.1. The van der Waals surface area contributed by atoms with Crippen molar-refractivity contribution in [1.82, 2.24) is 10.2 Å². The molecule has 1 fully saturated rings. The zero-order valence-corrected chi connectivity index (χ0v) is 17.1. The van der Waals surface area contributed by atoms with Gasteiger partial charge in [0.2, 0.25) is 0 Å². The van der Waals surface area contributed by atoms with Crippen LogP contribution in [0.5, 0.6) is 5.75 Å². The molecular weight excluding hydrogens is 360 g/mol. The van der Waals surface area contributed by atoms with E-state index in [1.54, 1.807) is 52.0 Å². The minimum atomic E-state index is -1.27. The maximum atomic E-state index is 13.1. The Morgan fingerprint density at radius 3 is 2.36 bits per heavy atom. The number of esters is 1. The van der Waals surface area contributed by atoms with Crippen LogP contribution in [0.3, 0.4) is 0 Å². The highest BCUT2D eigenvalue weighted by Crippen LogP contribution is 2.32. The fraction of sp³-hybridized carbons (Fsp3) is 0.476. The molecule has 2 unspecified atom stereocenters. The summed E-state index contributed by atoms with van der Waals surface area (Å²) in [6.45, 7) is 12.8. The van der Waals surface area contributed by atoms with E-state index >= 15 is 0 Å². The van der Waals surface area contributed by atoms with Gasteiger partial charge in [-0.05, 0) is 57.4 Å². The zero-order chi connectivity index (χ0) is 21.1. The molecule has 0 aromatic heterocycles. The molecule has 1 saturated heterocycles. The molecule has 1 aromatic carbocycles. The van der Waals surface area contributed by atoms with Gasteiger partial charge < -0.3 is 14.8 Å². The van der Waals surface area contributed by atoms with E-state index in [2.05, 4.69) is 11.9 Å². The molecule has 0 radical (unpaired) electrons. The predicted molar refractivity (Wildman–Crippen MR) is 105 cm³/mol. The molecule has 0 aliphatic carbocycles. The number of benzene rings is 1. The fourth-order valence-corrected chi connectivity index (χ4v) is 3.00. The Morgan fingerprint density at radius 2 is 1.86 bits per heavy atom. The number of hydrogen-bond acceptors (Lipinski definition) is 5. The average Bonchev–Trinajstić information content (AvgIpc) is 2.85. The van der Waals surface area contributed by atoms with Gasteiger partial charge in [0.05, 0.1) is 6.10 Å². The van der Waals surface area contributed by atoms with Crippen LogP contribution in [0.1, 0.15) is 46.6 Å². The summed E-state index contributed by atoms with van der Waals surface area (Å²) >= 11 is 0. The largest absolute Gasteiger partial charge is 0.489 e. The summed E-state index contributed by atoms with van der Waals surface area (Å²) < 4.78 is 10.8. The van der Waals surface area contributed by atoms with Gasteiger partial charge in [-0.1, -0.05) is 25.6 Å². The van der Waals surface area contributed by atoms with Crippen LogP contribution in [0.2, 0.25) is 0 Å². The normalized spacial score (nSPS) is 20.1. The van der Waals surface area contributed by atoms with Crippen LogP contribution in [-0.4, -0.2) is 41.6 Å². The van der Waals surface area contributed by atoms with Crippen molar-refractivity contribution in [3.05, 3.63) is 42.0 Å². The molecule has 1 aliphatic heterocycles. The van der Waals surface area contributed by atoms with Crippen molar-refractivity contribution in [3.63, 3.8) is 0 Å². The van der Waals surface area contributed by atoms with Crippen LogP contribution in [0.25, 0.3) is 0 Å². The lowest BCUT2D eigenvalue weighted by Gasteiger charge is -2.26. The summed E-state index contributed by atoms with van der Waals surface area (Å²) in [5, 5.41) is 2.71. The van der Waals surface area contributed by atoms with Gasteiger partial charge in [0.15, 0.2) is 0 Å². The molecule has 3 amide bonds. The number of hydrogen-bond donors (Lipinski definition) is 1. The maximum absolute atomic E-state index is 13.1. The predicted octanol–water partition coefficient (Wildman–Crippen LogP) is 3.14. The number of rotatable bonds is 8. The van der Waals surface area contributed by atoms with Crippen LogP contribution in [0, 0.1) is 0 Å². The van der Waals surface area contributed by atoms with E-state index in [1.165, 1.54) is 0 Å². The van der Waals surface area contributed by atoms with E-state index in [0.717, 1.165) is 10.5 Å². The molecule has 1 N–H and O–H groups in total. The first-order valence-corrected chi connectivity index (χ1v) is 9.34. The smallest absolute Gasteiger partial charge is 0.329 e. The van der Waals surface area contributed by atoms with Crippen molar-refractivity contribution < 1.29 is 23.9 Å². The van der Waals surface area contributed by atoms with Gasteiger partial charge in [-0.3, -0.25) is 4.79 Å². The molecule has 1 heterocycles. The SMILES string of the molecule is C=C(C)COc1ccc(C2(C)NC(=O)N(C(CC)C(=O)OC(C)C)C2=O)cc1. The van der Waals surface area contributed by atoms with E-state index in [1.807, 2.05) is 6.92 Å². The first kappa shape index (κ1) is 21.5. The summed E-state index contributed by atoms with van der Waals surface area (Å²) in [5.41, 5.74) is 0.224. The summed E-state index contributed by atoms with van der Waals surface area (Å²) in [6.07, 6.45) is -0.0606. The summed E-state index contributed by atoms with van der Waals surface area (Å²) in [6, 6.07) is 5.34. The Labute approximate surface area is 165 Å². The third-order valence-corrected chi connectivity index (χ3v) is 4.46. The fourth-order valence-electron chi connectivity index (χ4n) is 3.00. The van der Waals surface area contributed by atoms with Crippen LogP contribution >= 0.6 is 0 Å². The average molecular weight is 388 g/mol.